The monoisotopic (exact) mass is 217 g/mol. The largest absolute Gasteiger partial charge is 0.241 e. The van der Waals surface area contributed by atoms with Crippen LogP contribution in [0.5, 0.6) is 0 Å². The van der Waals surface area contributed by atoms with E-state index < -0.39 is 0 Å². The van der Waals surface area contributed by atoms with Crippen LogP contribution >= 0.6 is 11.3 Å². The minimum Gasteiger partial charge on any atom is -0.241 e. The maximum Gasteiger partial charge on any atom is 0.0932 e. The first-order valence-corrected chi connectivity index (χ1v) is 6.28. The summed E-state index contributed by atoms with van der Waals surface area (Å²) in [6.45, 7) is 2.21. The highest BCUT2D eigenvalue weighted by molar-refractivity contribution is 7.09. The van der Waals surface area contributed by atoms with Gasteiger partial charge in [-0.3, -0.25) is 0 Å². The molecule has 1 heterocycles. The number of rotatable bonds is 4. The molecule has 2 rings (SSSR count). The van der Waals surface area contributed by atoms with E-state index in [-0.39, 0.29) is 0 Å². The third-order valence-corrected chi connectivity index (χ3v) is 3.27. The number of aryl methyl sites for hydroxylation is 1. The van der Waals surface area contributed by atoms with Crippen molar-refractivity contribution in [2.75, 3.05) is 0 Å². The fourth-order valence-corrected chi connectivity index (χ4v) is 2.34. The molecule has 1 aromatic carbocycles. The highest BCUT2D eigenvalue weighted by atomic mass is 32.1. The molecule has 2 heteroatoms. The smallest absolute Gasteiger partial charge is 0.0932 e. The van der Waals surface area contributed by atoms with Gasteiger partial charge < -0.3 is 0 Å². The van der Waals surface area contributed by atoms with E-state index in [9.17, 15) is 0 Å². The van der Waals surface area contributed by atoms with Gasteiger partial charge in [-0.2, -0.15) is 0 Å². The van der Waals surface area contributed by atoms with Gasteiger partial charge in [0.2, 0.25) is 0 Å². The lowest BCUT2D eigenvalue weighted by Gasteiger charge is -1.94. The van der Waals surface area contributed by atoms with E-state index >= 15 is 0 Å². The molecule has 0 N–H and O–H groups in total. The third kappa shape index (κ3) is 2.66. The van der Waals surface area contributed by atoms with Gasteiger partial charge in [-0.15, -0.1) is 11.3 Å². The summed E-state index contributed by atoms with van der Waals surface area (Å²) in [5.74, 6) is 0. The quantitative estimate of drug-likeness (QED) is 0.749. The summed E-state index contributed by atoms with van der Waals surface area (Å²) in [5.41, 5.74) is 2.34. The minimum absolute atomic E-state index is 1.12. The molecule has 15 heavy (non-hydrogen) atoms. The fraction of sp³-hybridized carbons (Fsp3) is 0.308. The number of unbranched alkanes of at least 4 members (excludes halogenated alkanes) is 1. The zero-order chi connectivity index (χ0) is 10.5. The van der Waals surface area contributed by atoms with Crippen LogP contribution in [0.25, 0.3) is 11.3 Å². The second kappa shape index (κ2) is 5.08. The predicted molar refractivity (Wildman–Crippen MR) is 66.2 cm³/mol. The first-order valence-electron chi connectivity index (χ1n) is 5.40. The normalized spacial score (nSPS) is 10.5. The maximum atomic E-state index is 4.64. The molecule has 78 valence electrons. The second-order valence-corrected chi connectivity index (χ2v) is 4.54. The van der Waals surface area contributed by atoms with Crippen molar-refractivity contribution in [2.45, 2.75) is 26.2 Å². The van der Waals surface area contributed by atoms with Crippen LogP contribution in [-0.2, 0) is 6.42 Å². The standard InChI is InChI=1S/C13H15NS/c1-2-3-9-13-14-12(10-15-13)11-7-5-4-6-8-11/h4-8,10H,2-3,9H2,1H3. The Morgan fingerprint density at radius 3 is 2.73 bits per heavy atom. The van der Waals surface area contributed by atoms with Crippen LogP contribution < -0.4 is 0 Å². The van der Waals surface area contributed by atoms with Crippen LogP contribution in [0, 0.1) is 0 Å². The number of hydrogen-bond donors (Lipinski definition) is 0. The van der Waals surface area contributed by atoms with Crippen LogP contribution in [-0.4, -0.2) is 4.98 Å². The van der Waals surface area contributed by atoms with Crippen molar-refractivity contribution in [1.82, 2.24) is 4.98 Å². The summed E-state index contributed by atoms with van der Waals surface area (Å²) in [5, 5.41) is 3.41. The topological polar surface area (TPSA) is 12.9 Å². The van der Waals surface area contributed by atoms with Crippen LogP contribution in [0.1, 0.15) is 24.8 Å². The number of aromatic nitrogens is 1. The summed E-state index contributed by atoms with van der Waals surface area (Å²) in [6, 6.07) is 10.4. The average molecular weight is 217 g/mol. The molecule has 0 aliphatic heterocycles. The Morgan fingerprint density at radius 1 is 1.20 bits per heavy atom. The lowest BCUT2D eigenvalue weighted by molar-refractivity contribution is 0.790. The summed E-state index contributed by atoms with van der Waals surface area (Å²) in [4.78, 5) is 4.64. The molecule has 1 aromatic heterocycles. The lowest BCUT2D eigenvalue weighted by Crippen LogP contribution is -1.83. The molecule has 0 aliphatic carbocycles. The Hall–Kier alpha value is -1.15. The predicted octanol–water partition coefficient (Wildman–Crippen LogP) is 4.15. The molecular formula is C13H15NS. The van der Waals surface area contributed by atoms with Crippen molar-refractivity contribution in [3.63, 3.8) is 0 Å². The van der Waals surface area contributed by atoms with Gasteiger partial charge >= 0.3 is 0 Å². The number of benzene rings is 1. The van der Waals surface area contributed by atoms with E-state index in [1.807, 2.05) is 6.07 Å². The van der Waals surface area contributed by atoms with Crippen LogP contribution in [0.15, 0.2) is 35.7 Å². The van der Waals surface area contributed by atoms with Gasteiger partial charge in [0.25, 0.3) is 0 Å². The van der Waals surface area contributed by atoms with Crippen molar-refractivity contribution in [3.05, 3.63) is 40.7 Å². The Morgan fingerprint density at radius 2 is 2.00 bits per heavy atom. The molecule has 2 aromatic rings. The Balaban J connectivity index is 2.14. The van der Waals surface area contributed by atoms with E-state index in [1.54, 1.807) is 11.3 Å². The van der Waals surface area contributed by atoms with Gasteiger partial charge in [0, 0.05) is 10.9 Å². The Kier molecular flexibility index (Phi) is 3.51. The van der Waals surface area contributed by atoms with E-state index in [2.05, 4.69) is 41.6 Å². The molecule has 1 nitrogen and oxygen atoms in total. The molecule has 0 amide bonds. The number of hydrogen-bond acceptors (Lipinski definition) is 2. The lowest BCUT2D eigenvalue weighted by atomic mass is 10.2. The van der Waals surface area contributed by atoms with Crippen molar-refractivity contribution in [1.29, 1.82) is 0 Å². The molecule has 0 radical (unpaired) electrons. The fourth-order valence-electron chi connectivity index (χ4n) is 1.50. The van der Waals surface area contributed by atoms with Crippen molar-refractivity contribution < 1.29 is 0 Å². The summed E-state index contributed by atoms with van der Waals surface area (Å²) < 4.78 is 0. The molecular weight excluding hydrogens is 202 g/mol. The first-order chi connectivity index (χ1) is 7.40. The Labute approximate surface area is 94.8 Å². The zero-order valence-corrected chi connectivity index (χ0v) is 9.76. The number of thiazole rings is 1. The summed E-state index contributed by atoms with van der Waals surface area (Å²) in [6.07, 6.45) is 3.59. The van der Waals surface area contributed by atoms with Gasteiger partial charge in [-0.1, -0.05) is 43.7 Å². The third-order valence-electron chi connectivity index (χ3n) is 2.37. The van der Waals surface area contributed by atoms with E-state index in [1.165, 1.54) is 23.4 Å². The molecule has 0 fully saturated rings. The highest BCUT2D eigenvalue weighted by Crippen LogP contribution is 2.22. The van der Waals surface area contributed by atoms with Crippen LogP contribution in [0.3, 0.4) is 0 Å². The second-order valence-electron chi connectivity index (χ2n) is 3.60. The van der Waals surface area contributed by atoms with Crippen molar-refractivity contribution in [2.24, 2.45) is 0 Å². The van der Waals surface area contributed by atoms with Crippen molar-refractivity contribution in [3.8, 4) is 11.3 Å². The zero-order valence-electron chi connectivity index (χ0n) is 8.94. The molecule has 0 aliphatic rings. The van der Waals surface area contributed by atoms with Gasteiger partial charge in [0.05, 0.1) is 10.7 Å². The van der Waals surface area contributed by atoms with Gasteiger partial charge in [0.1, 0.15) is 0 Å². The van der Waals surface area contributed by atoms with Gasteiger partial charge in [0.15, 0.2) is 0 Å². The molecule has 0 saturated carbocycles. The van der Waals surface area contributed by atoms with E-state index in [4.69, 9.17) is 0 Å². The van der Waals surface area contributed by atoms with Gasteiger partial charge in [-0.25, -0.2) is 4.98 Å². The summed E-state index contributed by atoms with van der Waals surface area (Å²) in [7, 11) is 0. The maximum absolute atomic E-state index is 4.64. The molecule has 0 spiro atoms. The SMILES string of the molecule is CCCCc1nc(-c2ccccc2)cs1. The molecule has 0 saturated heterocycles. The van der Waals surface area contributed by atoms with E-state index in [0.717, 1.165) is 12.1 Å². The van der Waals surface area contributed by atoms with Gasteiger partial charge in [-0.05, 0) is 12.8 Å². The molecule has 0 atom stereocenters. The summed E-state index contributed by atoms with van der Waals surface area (Å²) >= 11 is 1.77. The highest BCUT2D eigenvalue weighted by Gasteiger charge is 2.02. The van der Waals surface area contributed by atoms with Crippen LogP contribution in [0.2, 0.25) is 0 Å². The Bertz CT molecular complexity index is 405. The first kappa shape index (κ1) is 10.4. The van der Waals surface area contributed by atoms with E-state index in [0.29, 0.717) is 0 Å². The minimum atomic E-state index is 1.12. The van der Waals surface area contributed by atoms with Crippen LogP contribution in [0.4, 0.5) is 0 Å². The molecule has 0 bridgehead atoms. The molecule has 0 unspecified atom stereocenters. The van der Waals surface area contributed by atoms with Crippen molar-refractivity contribution >= 4 is 11.3 Å². The number of nitrogens with zero attached hydrogens (tertiary/aromatic N) is 1. The average Bonchev–Trinajstić information content (AvgIpc) is 2.76.